The molecule has 1 aliphatic rings. The van der Waals surface area contributed by atoms with Gasteiger partial charge in [-0.2, -0.15) is 0 Å². The molecule has 0 saturated carbocycles. The third-order valence-corrected chi connectivity index (χ3v) is 4.04. The van der Waals surface area contributed by atoms with Gasteiger partial charge in [-0.25, -0.2) is 0 Å². The van der Waals surface area contributed by atoms with Crippen LogP contribution in [0.4, 0.5) is 0 Å². The van der Waals surface area contributed by atoms with Crippen molar-refractivity contribution in [3.05, 3.63) is 30.1 Å². The number of hydrogen-bond donors (Lipinski definition) is 0. The maximum absolute atomic E-state index is 12.1. The Hall–Kier alpha value is -1.46. The van der Waals surface area contributed by atoms with E-state index in [9.17, 15) is 4.79 Å². The average molecular weight is 306 g/mol. The van der Waals surface area contributed by atoms with Crippen LogP contribution in [0.1, 0.15) is 38.7 Å². The van der Waals surface area contributed by atoms with Gasteiger partial charge in [-0.05, 0) is 43.9 Å². The molecule has 2 heterocycles. The van der Waals surface area contributed by atoms with Gasteiger partial charge < -0.3 is 14.4 Å². The number of carbonyl (C=O) groups excluding carboxylic acids is 1. The summed E-state index contributed by atoms with van der Waals surface area (Å²) in [5.41, 5.74) is 1.03. The fraction of sp³-hybridized carbons (Fsp3) is 0.647. The van der Waals surface area contributed by atoms with Gasteiger partial charge in [0.25, 0.3) is 0 Å². The lowest BCUT2D eigenvalue weighted by Gasteiger charge is -2.33. The van der Waals surface area contributed by atoms with Crippen molar-refractivity contribution in [3.8, 4) is 0 Å². The molecule has 122 valence electrons. The second-order valence-corrected chi connectivity index (χ2v) is 5.78. The summed E-state index contributed by atoms with van der Waals surface area (Å²) in [6.07, 6.45) is 6.90. The van der Waals surface area contributed by atoms with Crippen LogP contribution in [0.25, 0.3) is 0 Å². The quantitative estimate of drug-likeness (QED) is 0.776. The van der Waals surface area contributed by atoms with E-state index in [0.717, 1.165) is 37.9 Å². The second-order valence-electron chi connectivity index (χ2n) is 5.78. The predicted molar refractivity (Wildman–Crippen MR) is 84.3 cm³/mol. The standard InChI is InChI=1S/C17H26N2O3/c1-3-14(2)22-16-6-10-19(11-7-16)17(20)13-21-12-15-4-8-18-9-5-15/h4-5,8-9,14,16H,3,6-7,10-13H2,1-2H3. The van der Waals surface area contributed by atoms with Crippen molar-refractivity contribution in [1.29, 1.82) is 0 Å². The molecule has 0 radical (unpaired) electrons. The van der Waals surface area contributed by atoms with Gasteiger partial charge in [-0.1, -0.05) is 6.92 Å². The molecule has 1 aromatic heterocycles. The highest BCUT2D eigenvalue weighted by molar-refractivity contribution is 5.77. The minimum Gasteiger partial charge on any atom is -0.375 e. The Bertz CT molecular complexity index is 444. The number of nitrogens with zero attached hydrogens (tertiary/aromatic N) is 2. The molecular formula is C17H26N2O3. The lowest BCUT2D eigenvalue weighted by atomic mass is 10.1. The van der Waals surface area contributed by atoms with Crippen LogP contribution in [0, 0.1) is 0 Å². The minimum absolute atomic E-state index is 0.0658. The van der Waals surface area contributed by atoms with Gasteiger partial charge in [0, 0.05) is 25.5 Å². The van der Waals surface area contributed by atoms with Crippen molar-refractivity contribution in [1.82, 2.24) is 9.88 Å². The van der Waals surface area contributed by atoms with Crippen LogP contribution in [0.3, 0.4) is 0 Å². The van der Waals surface area contributed by atoms with E-state index in [2.05, 4.69) is 18.8 Å². The van der Waals surface area contributed by atoms with E-state index in [1.807, 2.05) is 17.0 Å². The van der Waals surface area contributed by atoms with Crippen molar-refractivity contribution < 1.29 is 14.3 Å². The third kappa shape index (κ3) is 5.39. The molecule has 5 heteroatoms. The summed E-state index contributed by atoms with van der Waals surface area (Å²) >= 11 is 0. The average Bonchev–Trinajstić information content (AvgIpc) is 2.56. The maximum atomic E-state index is 12.1. The normalized spacial score (nSPS) is 17.5. The van der Waals surface area contributed by atoms with Gasteiger partial charge in [0.15, 0.2) is 0 Å². The summed E-state index contributed by atoms with van der Waals surface area (Å²) in [6, 6.07) is 3.78. The number of pyridine rings is 1. The Balaban J connectivity index is 1.65. The van der Waals surface area contributed by atoms with Gasteiger partial charge >= 0.3 is 0 Å². The lowest BCUT2D eigenvalue weighted by molar-refractivity contribution is -0.139. The summed E-state index contributed by atoms with van der Waals surface area (Å²) < 4.78 is 11.4. The molecule has 1 aromatic rings. The maximum Gasteiger partial charge on any atom is 0.248 e. The molecule has 1 aliphatic heterocycles. The first-order valence-electron chi connectivity index (χ1n) is 8.09. The number of rotatable bonds is 7. The monoisotopic (exact) mass is 306 g/mol. The van der Waals surface area contributed by atoms with E-state index in [1.54, 1.807) is 12.4 Å². The number of hydrogen-bond acceptors (Lipinski definition) is 4. The van der Waals surface area contributed by atoms with E-state index in [4.69, 9.17) is 9.47 Å². The van der Waals surface area contributed by atoms with Crippen LogP contribution in [0.15, 0.2) is 24.5 Å². The largest absolute Gasteiger partial charge is 0.375 e. The minimum atomic E-state index is 0.0658. The van der Waals surface area contributed by atoms with E-state index in [-0.39, 0.29) is 18.6 Å². The topological polar surface area (TPSA) is 51.7 Å². The van der Waals surface area contributed by atoms with E-state index in [0.29, 0.717) is 12.7 Å². The Morgan fingerprint density at radius 3 is 2.68 bits per heavy atom. The molecule has 1 fully saturated rings. The van der Waals surface area contributed by atoms with Gasteiger partial charge in [0.05, 0.1) is 18.8 Å². The van der Waals surface area contributed by atoms with E-state index >= 15 is 0 Å². The van der Waals surface area contributed by atoms with Crippen molar-refractivity contribution in [3.63, 3.8) is 0 Å². The number of piperidine rings is 1. The van der Waals surface area contributed by atoms with E-state index < -0.39 is 0 Å². The molecule has 0 N–H and O–H groups in total. The number of amides is 1. The molecule has 0 aliphatic carbocycles. The number of likely N-dealkylation sites (tertiary alicyclic amines) is 1. The van der Waals surface area contributed by atoms with Gasteiger partial charge in [-0.15, -0.1) is 0 Å². The molecule has 1 saturated heterocycles. The van der Waals surface area contributed by atoms with Gasteiger partial charge in [-0.3, -0.25) is 9.78 Å². The number of aromatic nitrogens is 1. The zero-order valence-corrected chi connectivity index (χ0v) is 13.5. The Morgan fingerprint density at radius 2 is 2.05 bits per heavy atom. The number of carbonyl (C=O) groups is 1. The molecule has 0 bridgehead atoms. The van der Waals surface area contributed by atoms with Crippen LogP contribution in [-0.4, -0.2) is 47.7 Å². The molecule has 0 aromatic carbocycles. The Labute approximate surface area is 132 Å². The fourth-order valence-electron chi connectivity index (χ4n) is 2.49. The molecule has 0 spiro atoms. The predicted octanol–water partition coefficient (Wildman–Crippen LogP) is 2.40. The van der Waals surface area contributed by atoms with Crippen LogP contribution >= 0.6 is 0 Å². The Morgan fingerprint density at radius 1 is 1.36 bits per heavy atom. The summed E-state index contributed by atoms with van der Waals surface area (Å²) in [4.78, 5) is 18.0. The van der Waals surface area contributed by atoms with E-state index in [1.165, 1.54) is 0 Å². The molecule has 1 amide bonds. The van der Waals surface area contributed by atoms with Crippen molar-refractivity contribution in [2.45, 2.75) is 51.9 Å². The zero-order chi connectivity index (χ0) is 15.8. The summed E-state index contributed by atoms with van der Waals surface area (Å²) in [7, 11) is 0. The summed E-state index contributed by atoms with van der Waals surface area (Å²) in [5, 5.41) is 0. The molecule has 2 rings (SSSR count). The second kappa shape index (κ2) is 8.86. The smallest absolute Gasteiger partial charge is 0.248 e. The van der Waals surface area contributed by atoms with Gasteiger partial charge in [0.1, 0.15) is 6.61 Å². The van der Waals surface area contributed by atoms with Crippen LogP contribution in [0.2, 0.25) is 0 Å². The van der Waals surface area contributed by atoms with Crippen molar-refractivity contribution in [2.75, 3.05) is 19.7 Å². The van der Waals surface area contributed by atoms with Crippen LogP contribution in [-0.2, 0) is 20.9 Å². The first-order valence-corrected chi connectivity index (χ1v) is 8.09. The SMILES string of the molecule is CCC(C)OC1CCN(C(=O)COCc2ccncc2)CC1. The van der Waals surface area contributed by atoms with Gasteiger partial charge in [0.2, 0.25) is 5.91 Å². The molecule has 1 atom stereocenters. The van der Waals surface area contributed by atoms with Crippen LogP contribution < -0.4 is 0 Å². The Kier molecular flexibility index (Phi) is 6.80. The fourth-order valence-corrected chi connectivity index (χ4v) is 2.49. The molecule has 22 heavy (non-hydrogen) atoms. The molecule has 1 unspecified atom stereocenters. The van der Waals surface area contributed by atoms with Crippen molar-refractivity contribution >= 4 is 5.91 Å². The highest BCUT2D eigenvalue weighted by atomic mass is 16.5. The lowest BCUT2D eigenvalue weighted by Crippen LogP contribution is -2.43. The highest BCUT2D eigenvalue weighted by Crippen LogP contribution is 2.16. The first kappa shape index (κ1) is 16.9. The summed E-state index contributed by atoms with van der Waals surface area (Å²) in [6.45, 7) is 6.34. The number of ether oxygens (including phenoxy) is 2. The van der Waals surface area contributed by atoms with Crippen molar-refractivity contribution in [2.24, 2.45) is 0 Å². The summed E-state index contributed by atoms with van der Waals surface area (Å²) in [5.74, 6) is 0.0658. The van der Waals surface area contributed by atoms with Crippen LogP contribution in [0.5, 0.6) is 0 Å². The molecule has 5 nitrogen and oxygen atoms in total. The molecular weight excluding hydrogens is 280 g/mol. The highest BCUT2D eigenvalue weighted by Gasteiger charge is 2.24. The first-order chi connectivity index (χ1) is 10.7. The zero-order valence-electron chi connectivity index (χ0n) is 13.5. The third-order valence-electron chi connectivity index (χ3n) is 4.04.